The van der Waals surface area contributed by atoms with Gasteiger partial charge in [0, 0.05) is 24.8 Å². The van der Waals surface area contributed by atoms with E-state index in [0.717, 1.165) is 35.7 Å². The van der Waals surface area contributed by atoms with Gasteiger partial charge in [0.2, 0.25) is 0 Å². The van der Waals surface area contributed by atoms with Gasteiger partial charge in [0.05, 0.1) is 0 Å². The molecule has 2 unspecified atom stereocenters. The zero-order valence-corrected chi connectivity index (χ0v) is 8.81. The molecule has 0 spiro atoms. The molecule has 1 fully saturated rings. The van der Waals surface area contributed by atoms with Crippen LogP contribution in [-0.2, 0) is 0 Å². The number of hydrogen-bond donors (Lipinski definition) is 1. The summed E-state index contributed by atoms with van der Waals surface area (Å²) in [5, 5.41) is 3.41. The third-order valence-corrected chi connectivity index (χ3v) is 3.59. The number of nitrogens with one attached hydrogen (secondary N) is 1. The molecule has 3 heteroatoms. The van der Waals surface area contributed by atoms with Gasteiger partial charge in [-0.2, -0.15) is 0 Å². The first-order chi connectivity index (χ1) is 7.90. The molecule has 0 amide bonds. The lowest BCUT2D eigenvalue weighted by atomic mass is 9.94. The van der Waals surface area contributed by atoms with Gasteiger partial charge in [-0.1, -0.05) is 6.08 Å². The molecule has 2 atom stereocenters. The Hall–Kier alpha value is -1.61. The molecular formula is C13H12N2O. The average Bonchev–Trinajstić information content (AvgIpc) is 2.81. The molecular weight excluding hydrogens is 200 g/mol. The number of fused-ring (bicyclic) bond motifs is 2. The second-order valence-corrected chi connectivity index (χ2v) is 4.59. The van der Waals surface area contributed by atoms with Crippen molar-refractivity contribution in [3.63, 3.8) is 0 Å². The summed E-state index contributed by atoms with van der Waals surface area (Å²) in [6.07, 6.45) is 5.24. The smallest absolute Gasteiger partial charge is 0.153 e. The number of rotatable bonds is 1. The highest BCUT2D eigenvalue weighted by molar-refractivity contribution is 5.79. The van der Waals surface area contributed by atoms with E-state index in [1.807, 2.05) is 18.2 Å². The highest BCUT2D eigenvalue weighted by atomic mass is 16.3. The van der Waals surface area contributed by atoms with Crippen molar-refractivity contribution >= 4 is 16.7 Å². The van der Waals surface area contributed by atoms with Crippen molar-refractivity contribution in [2.75, 3.05) is 6.54 Å². The van der Waals surface area contributed by atoms with E-state index < -0.39 is 0 Å². The molecule has 2 aromatic rings. The Labute approximate surface area is 93.2 Å². The quantitative estimate of drug-likeness (QED) is 0.787. The van der Waals surface area contributed by atoms with Crippen molar-refractivity contribution in [3.05, 3.63) is 36.2 Å². The zero-order valence-electron chi connectivity index (χ0n) is 8.81. The third-order valence-electron chi connectivity index (χ3n) is 3.59. The molecule has 16 heavy (non-hydrogen) atoms. The predicted molar refractivity (Wildman–Crippen MR) is 61.9 cm³/mol. The molecule has 0 aromatic carbocycles. The summed E-state index contributed by atoms with van der Waals surface area (Å²) >= 11 is 0. The van der Waals surface area contributed by atoms with E-state index in [1.165, 1.54) is 5.57 Å². The number of pyridine rings is 1. The molecule has 1 aliphatic carbocycles. The Morgan fingerprint density at radius 1 is 1.44 bits per heavy atom. The van der Waals surface area contributed by atoms with Gasteiger partial charge in [0.15, 0.2) is 5.58 Å². The first kappa shape index (κ1) is 8.53. The van der Waals surface area contributed by atoms with Crippen molar-refractivity contribution in [2.45, 2.75) is 12.5 Å². The minimum Gasteiger partial charge on any atom is -0.455 e. The maximum absolute atomic E-state index is 5.82. The average molecular weight is 212 g/mol. The summed E-state index contributed by atoms with van der Waals surface area (Å²) in [6.45, 7) is 1.14. The van der Waals surface area contributed by atoms with E-state index in [0.29, 0.717) is 6.04 Å². The fourth-order valence-corrected chi connectivity index (χ4v) is 2.59. The lowest BCUT2D eigenvalue weighted by molar-refractivity contribution is 0.301. The lowest BCUT2D eigenvalue weighted by Crippen LogP contribution is -2.49. The summed E-state index contributed by atoms with van der Waals surface area (Å²) in [5.41, 5.74) is 3.16. The molecule has 80 valence electrons. The van der Waals surface area contributed by atoms with Crippen LogP contribution in [0.5, 0.6) is 0 Å². The SMILES string of the molecule is C1=C(c2cc3ncccc3o2)CC2CNC12. The zero-order chi connectivity index (χ0) is 10.5. The van der Waals surface area contributed by atoms with Crippen molar-refractivity contribution in [1.82, 2.24) is 10.3 Å². The first-order valence-electron chi connectivity index (χ1n) is 5.69. The standard InChI is InChI=1S/C13H12N2O/c1-2-12-11(14-3-1)6-13(16-12)8-4-9-7-15-10(9)5-8/h1-3,5-6,9-10,15H,4,7H2. The lowest BCUT2D eigenvalue weighted by Gasteiger charge is -2.31. The van der Waals surface area contributed by atoms with Crippen molar-refractivity contribution in [2.24, 2.45) is 5.92 Å². The first-order valence-corrected chi connectivity index (χ1v) is 5.69. The maximum Gasteiger partial charge on any atom is 0.153 e. The second kappa shape index (κ2) is 2.95. The van der Waals surface area contributed by atoms with Crippen molar-refractivity contribution < 1.29 is 4.42 Å². The molecule has 0 saturated carbocycles. The molecule has 4 rings (SSSR count). The van der Waals surface area contributed by atoms with Gasteiger partial charge in [0.1, 0.15) is 11.3 Å². The monoisotopic (exact) mass is 212 g/mol. The molecule has 1 N–H and O–H groups in total. The van der Waals surface area contributed by atoms with Crippen LogP contribution >= 0.6 is 0 Å². The highest BCUT2D eigenvalue weighted by Crippen LogP contribution is 2.37. The molecule has 0 bridgehead atoms. The molecule has 0 radical (unpaired) electrons. The fraction of sp³-hybridized carbons (Fsp3) is 0.308. The van der Waals surface area contributed by atoms with Gasteiger partial charge >= 0.3 is 0 Å². The normalized spacial score (nSPS) is 27.6. The van der Waals surface area contributed by atoms with Gasteiger partial charge in [-0.3, -0.25) is 4.98 Å². The van der Waals surface area contributed by atoms with E-state index >= 15 is 0 Å². The van der Waals surface area contributed by atoms with Crippen LogP contribution in [0.3, 0.4) is 0 Å². The fourth-order valence-electron chi connectivity index (χ4n) is 2.59. The third kappa shape index (κ3) is 1.09. The van der Waals surface area contributed by atoms with E-state index in [2.05, 4.69) is 16.4 Å². The topological polar surface area (TPSA) is 38.1 Å². The van der Waals surface area contributed by atoms with Crippen LogP contribution in [0.1, 0.15) is 12.2 Å². The molecule has 2 aromatic heterocycles. The van der Waals surface area contributed by atoms with E-state index in [-0.39, 0.29) is 0 Å². The minimum absolute atomic E-state index is 0.580. The summed E-state index contributed by atoms with van der Waals surface area (Å²) < 4.78 is 5.82. The van der Waals surface area contributed by atoms with Crippen LogP contribution in [0, 0.1) is 5.92 Å². The van der Waals surface area contributed by atoms with Crippen LogP contribution in [0.15, 0.2) is 34.9 Å². The summed E-state index contributed by atoms with van der Waals surface area (Å²) in [5.74, 6) is 1.78. The molecule has 3 heterocycles. The number of aromatic nitrogens is 1. The van der Waals surface area contributed by atoms with Crippen molar-refractivity contribution in [3.8, 4) is 0 Å². The molecule has 1 aliphatic heterocycles. The van der Waals surface area contributed by atoms with Gasteiger partial charge in [-0.05, 0) is 30.0 Å². The van der Waals surface area contributed by atoms with Gasteiger partial charge in [-0.25, -0.2) is 0 Å². The van der Waals surface area contributed by atoms with Crippen molar-refractivity contribution in [1.29, 1.82) is 0 Å². The van der Waals surface area contributed by atoms with Crippen LogP contribution < -0.4 is 5.32 Å². The Kier molecular flexibility index (Phi) is 1.57. The highest BCUT2D eigenvalue weighted by Gasteiger charge is 2.35. The van der Waals surface area contributed by atoms with E-state index in [9.17, 15) is 0 Å². The maximum atomic E-state index is 5.82. The summed E-state index contributed by atoms with van der Waals surface area (Å²) in [4.78, 5) is 4.29. The molecule has 3 nitrogen and oxygen atoms in total. The largest absolute Gasteiger partial charge is 0.455 e. The van der Waals surface area contributed by atoms with Crippen LogP contribution in [-0.4, -0.2) is 17.6 Å². The van der Waals surface area contributed by atoms with Crippen LogP contribution in [0.25, 0.3) is 16.7 Å². The van der Waals surface area contributed by atoms with Crippen LogP contribution in [0.4, 0.5) is 0 Å². The number of nitrogens with zero attached hydrogens (tertiary/aromatic N) is 1. The number of hydrogen-bond acceptors (Lipinski definition) is 3. The van der Waals surface area contributed by atoms with Gasteiger partial charge < -0.3 is 9.73 Å². The number of allylic oxidation sites excluding steroid dienone is 1. The Morgan fingerprint density at radius 3 is 3.12 bits per heavy atom. The van der Waals surface area contributed by atoms with Gasteiger partial charge in [-0.15, -0.1) is 0 Å². The van der Waals surface area contributed by atoms with Gasteiger partial charge in [0.25, 0.3) is 0 Å². The number of furan rings is 1. The Bertz CT molecular complexity index is 551. The van der Waals surface area contributed by atoms with E-state index in [4.69, 9.17) is 4.42 Å². The summed E-state index contributed by atoms with van der Waals surface area (Å²) in [6, 6.07) is 6.50. The molecule has 1 saturated heterocycles. The van der Waals surface area contributed by atoms with E-state index in [1.54, 1.807) is 6.20 Å². The minimum atomic E-state index is 0.580. The summed E-state index contributed by atoms with van der Waals surface area (Å²) in [7, 11) is 0. The second-order valence-electron chi connectivity index (χ2n) is 4.59. The molecule has 2 aliphatic rings. The Balaban J connectivity index is 1.79. The van der Waals surface area contributed by atoms with Crippen LogP contribution in [0.2, 0.25) is 0 Å². The Morgan fingerprint density at radius 2 is 2.44 bits per heavy atom. The predicted octanol–water partition coefficient (Wildman–Crippen LogP) is 2.20.